The van der Waals surface area contributed by atoms with Gasteiger partial charge in [-0.3, -0.25) is 9.69 Å². The Kier molecular flexibility index (Phi) is 4.24. The highest BCUT2D eigenvalue weighted by Gasteiger charge is 2.33. The zero-order chi connectivity index (χ0) is 18.3. The van der Waals surface area contributed by atoms with E-state index in [1.807, 2.05) is 18.2 Å². The Morgan fingerprint density at radius 2 is 2.00 bits per heavy atom. The number of rotatable bonds is 4. The SMILES string of the molecule is CN(CC(=O)O)C[C@H]1CC2=C(O1)c1cc(F)ccc1Cc1ccccc12. The van der Waals surface area contributed by atoms with Crippen molar-refractivity contribution in [3.8, 4) is 0 Å². The van der Waals surface area contributed by atoms with Gasteiger partial charge in [0.1, 0.15) is 17.7 Å². The van der Waals surface area contributed by atoms with Crippen LogP contribution in [0.5, 0.6) is 0 Å². The molecular weight excluding hydrogens is 333 g/mol. The molecule has 2 aromatic carbocycles. The fourth-order valence-electron chi connectivity index (χ4n) is 3.89. The van der Waals surface area contributed by atoms with Crippen molar-refractivity contribution in [3.05, 3.63) is 70.5 Å². The summed E-state index contributed by atoms with van der Waals surface area (Å²) in [5, 5.41) is 8.96. The second-order valence-corrected chi connectivity index (χ2v) is 6.98. The van der Waals surface area contributed by atoms with Crippen molar-refractivity contribution >= 4 is 17.3 Å². The average molecular weight is 353 g/mol. The molecule has 26 heavy (non-hydrogen) atoms. The normalized spacial score (nSPS) is 18.0. The lowest BCUT2D eigenvalue weighted by molar-refractivity contribution is -0.138. The summed E-state index contributed by atoms with van der Waals surface area (Å²) >= 11 is 0. The van der Waals surface area contributed by atoms with Gasteiger partial charge >= 0.3 is 5.97 Å². The van der Waals surface area contributed by atoms with Gasteiger partial charge in [-0.25, -0.2) is 4.39 Å². The third-order valence-corrected chi connectivity index (χ3v) is 4.95. The van der Waals surface area contributed by atoms with Crippen molar-refractivity contribution in [2.24, 2.45) is 0 Å². The molecule has 0 saturated carbocycles. The fourth-order valence-corrected chi connectivity index (χ4v) is 3.89. The number of carboxylic acid groups (broad SMARTS) is 1. The van der Waals surface area contributed by atoms with Gasteiger partial charge in [0.05, 0.1) is 6.54 Å². The summed E-state index contributed by atoms with van der Waals surface area (Å²) in [5.74, 6) is -0.410. The van der Waals surface area contributed by atoms with Crippen LogP contribution in [0.1, 0.15) is 28.7 Å². The molecule has 2 aliphatic rings. The molecule has 134 valence electrons. The van der Waals surface area contributed by atoms with Crippen molar-refractivity contribution < 1.29 is 19.0 Å². The number of likely N-dealkylation sites (N-methyl/N-ethyl adjacent to an activating group) is 1. The second kappa shape index (κ2) is 6.57. The van der Waals surface area contributed by atoms with Crippen molar-refractivity contribution in [1.29, 1.82) is 0 Å². The lowest BCUT2D eigenvalue weighted by atomic mass is 9.95. The first-order chi connectivity index (χ1) is 12.5. The molecule has 1 N–H and O–H groups in total. The molecule has 0 unspecified atom stereocenters. The molecule has 0 aromatic heterocycles. The van der Waals surface area contributed by atoms with E-state index < -0.39 is 5.97 Å². The highest BCUT2D eigenvalue weighted by Crippen LogP contribution is 2.44. The summed E-state index contributed by atoms with van der Waals surface area (Å²) in [4.78, 5) is 12.6. The Labute approximate surface area is 151 Å². The highest BCUT2D eigenvalue weighted by molar-refractivity contribution is 5.93. The maximum absolute atomic E-state index is 13.9. The predicted octanol–water partition coefficient (Wildman–Crippen LogP) is 3.40. The van der Waals surface area contributed by atoms with Gasteiger partial charge in [-0.05, 0) is 42.3 Å². The molecule has 0 radical (unpaired) electrons. The minimum atomic E-state index is -0.863. The van der Waals surface area contributed by atoms with E-state index in [9.17, 15) is 9.18 Å². The lowest BCUT2D eigenvalue weighted by Gasteiger charge is -2.21. The molecule has 4 rings (SSSR count). The monoisotopic (exact) mass is 353 g/mol. The molecule has 5 heteroatoms. The van der Waals surface area contributed by atoms with Crippen LogP contribution in [0, 0.1) is 5.82 Å². The van der Waals surface area contributed by atoms with Crippen molar-refractivity contribution in [3.63, 3.8) is 0 Å². The maximum Gasteiger partial charge on any atom is 0.317 e. The van der Waals surface area contributed by atoms with Crippen LogP contribution < -0.4 is 0 Å². The third kappa shape index (κ3) is 3.10. The first-order valence-corrected chi connectivity index (χ1v) is 8.68. The average Bonchev–Trinajstić information content (AvgIpc) is 2.94. The summed E-state index contributed by atoms with van der Waals surface area (Å²) in [6.45, 7) is 0.471. The topological polar surface area (TPSA) is 49.8 Å². The number of carbonyl (C=O) groups is 1. The molecule has 4 nitrogen and oxygen atoms in total. The molecule has 2 aromatic rings. The maximum atomic E-state index is 13.9. The second-order valence-electron chi connectivity index (χ2n) is 6.98. The third-order valence-electron chi connectivity index (χ3n) is 4.95. The molecule has 1 heterocycles. The number of ether oxygens (including phenoxy) is 1. The number of nitrogens with zero attached hydrogens (tertiary/aromatic N) is 1. The molecule has 0 spiro atoms. The van der Waals surface area contributed by atoms with Crippen LogP contribution in [0.3, 0.4) is 0 Å². The largest absolute Gasteiger partial charge is 0.488 e. The van der Waals surface area contributed by atoms with Gasteiger partial charge in [0.2, 0.25) is 0 Å². The highest BCUT2D eigenvalue weighted by atomic mass is 19.1. The number of benzene rings is 2. The van der Waals surface area contributed by atoms with Gasteiger partial charge in [-0.15, -0.1) is 0 Å². The van der Waals surface area contributed by atoms with E-state index in [1.165, 1.54) is 11.6 Å². The molecule has 1 aliphatic carbocycles. The lowest BCUT2D eigenvalue weighted by Crippen LogP contribution is -2.33. The van der Waals surface area contributed by atoms with Gasteiger partial charge in [-0.1, -0.05) is 30.3 Å². The fraction of sp³-hybridized carbons (Fsp3) is 0.286. The Morgan fingerprint density at radius 3 is 2.81 bits per heavy atom. The smallest absolute Gasteiger partial charge is 0.317 e. The summed E-state index contributed by atoms with van der Waals surface area (Å²) < 4.78 is 20.1. The van der Waals surface area contributed by atoms with Crippen LogP contribution >= 0.6 is 0 Å². The Bertz CT molecular complexity index is 906. The predicted molar refractivity (Wildman–Crippen MR) is 97.1 cm³/mol. The Balaban J connectivity index is 1.71. The van der Waals surface area contributed by atoms with Crippen molar-refractivity contribution in [1.82, 2.24) is 4.90 Å². The van der Waals surface area contributed by atoms with Gasteiger partial charge in [0, 0.05) is 24.1 Å². The standard InChI is InChI=1S/C21H20FNO3/c1-23(12-20(24)25)11-16-10-19-17-5-3-2-4-13(17)8-14-6-7-15(22)9-18(14)21(19)26-16/h2-7,9,16H,8,10-12H2,1H3,(H,24,25)/t16-/m1/s1. The minimum absolute atomic E-state index is 0.0354. The van der Waals surface area contributed by atoms with E-state index in [0.29, 0.717) is 13.0 Å². The van der Waals surface area contributed by atoms with E-state index >= 15 is 0 Å². The summed E-state index contributed by atoms with van der Waals surface area (Å²) in [6, 6.07) is 13.1. The van der Waals surface area contributed by atoms with Gasteiger partial charge in [0.15, 0.2) is 0 Å². The first kappa shape index (κ1) is 16.8. The van der Waals surface area contributed by atoms with Crippen LogP contribution in [0.2, 0.25) is 0 Å². The van der Waals surface area contributed by atoms with Gasteiger partial charge in [-0.2, -0.15) is 0 Å². The number of hydrogen-bond donors (Lipinski definition) is 1. The number of hydrogen-bond acceptors (Lipinski definition) is 3. The van der Waals surface area contributed by atoms with E-state index in [0.717, 1.165) is 34.4 Å². The zero-order valence-corrected chi connectivity index (χ0v) is 14.5. The van der Waals surface area contributed by atoms with Crippen molar-refractivity contribution in [2.45, 2.75) is 18.9 Å². The summed E-state index contributed by atoms with van der Waals surface area (Å²) in [7, 11) is 1.77. The van der Waals surface area contributed by atoms with E-state index in [4.69, 9.17) is 9.84 Å². The van der Waals surface area contributed by atoms with Gasteiger partial charge in [0.25, 0.3) is 0 Å². The molecular formula is C21H20FNO3. The summed E-state index contributed by atoms with van der Waals surface area (Å²) in [6.07, 6.45) is 1.28. The number of fused-ring (bicyclic) bond motifs is 4. The van der Waals surface area contributed by atoms with Crippen molar-refractivity contribution in [2.75, 3.05) is 20.1 Å². The van der Waals surface area contributed by atoms with E-state index in [2.05, 4.69) is 12.1 Å². The van der Waals surface area contributed by atoms with Crippen LogP contribution in [0.25, 0.3) is 11.3 Å². The number of halogens is 1. The number of carboxylic acids is 1. The molecule has 0 bridgehead atoms. The van der Waals surface area contributed by atoms with Gasteiger partial charge < -0.3 is 9.84 Å². The number of aliphatic carboxylic acids is 1. The molecule has 1 atom stereocenters. The Morgan fingerprint density at radius 1 is 1.23 bits per heavy atom. The molecule has 1 aliphatic heterocycles. The zero-order valence-electron chi connectivity index (χ0n) is 14.5. The van der Waals surface area contributed by atoms with Crippen LogP contribution in [-0.2, 0) is 16.0 Å². The van der Waals surface area contributed by atoms with Crippen LogP contribution in [-0.4, -0.2) is 42.2 Å². The molecule has 0 amide bonds. The minimum Gasteiger partial charge on any atom is -0.488 e. The van der Waals surface area contributed by atoms with E-state index in [-0.39, 0.29) is 18.5 Å². The quantitative estimate of drug-likeness (QED) is 0.915. The van der Waals surface area contributed by atoms with Crippen LogP contribution in [0.15, 0.2) is 42.5 Å². The summed E-state index contributed by atoms with van der Waals surface area (Å²) in [5.41, 5.74) is 5.28. The first-order valence-electron chi connectivity index (χ1n) is 8.68. The van der Waals surface area contributed by atoms with Crippen LogP contribution in [0.4, 0.5) is 4.39 Å². The Hall–Kier alpha value is -2.66. The molecule has 0 fully saturated rings. The molecule has 0 saturated heterocycles. The van der Waals surface area contributed by atoms with E-state index in [1.54, 1.807) is 18.0 Å².